The molecule has 1 aliphatic rings. The van der Waals surface area contributed by atoms with Gasteiger partial charge in [-0.2, -0.15) is 0 Å². The Morgan fingerprint density at radius 3 is 2.33 bits per heavy atom. The number of carbonyl (C=O) groups excluding carboxylic acids is 2. The molecule has 1 amide bonds. The van der Waals surface area contributed by atoms with Crippen molar-refractivity contribution in [1.82, 2.24) is 4.31 Å². The number of nitrogens with one attached hydrogen (secondary N) is 1. The first-order valence-corrected chi connectivity index (χ1v) is 11.0. The first-order chi connectivity index (χ1) is 12.9. The largest absolute Gasteiger partial charge is 0.462 e. The highest BCUT2D eigenvalue weighted by molar-refractivity contribution is 7.89. The summed E-state index contributed by atoms with van der Waals surface area (Å²) in [6, 6.07) is 6.54. The lowest BCUT2D eigenvalue weighted by Crippen LogP contribution is -2.42. The third-order valence-corrected chi connectivity index (χ3v) is 6.59. The zero-order valence-corrected chi connectivity index (χ0v) is 16.8. The number of amides is 1. The molecule has 0 radical (unpaired) electrons. The van der Waals surface area contributed by atoms with Gasteiger partial charge in [0.15, 0.2) is 0 Å². The maximum absolute atomic E-state index is 12.4. The summed E-state index contributed by atoms with van der Waals surface area (Å²) in [4.78, 5) is 24.1. The Labute approximate surface area is 161 Å². The van der Waals surface area contributed by atoms with Crippen molar-refractivity contribution < 1.29 is 22.7 Å². The van der Waals surface area contributed by atoms with Crippen LogP contribution in [0.5, 0.6) is 0 Å². The molecule has 7 nitrogen and oxygen atoms in total. The summed E-state index contributed by atoms with van der Waals surface area (Å²) in [7, 11) is -3.21. The van der Waals surface area contributed by atoms with Crippen molar-refractivity contribution in [2.75, 3.05) is 30.8 Å². The number of piperidine rings is 1. The SMILES string of the molecule is CCCCS(=O)(=O)N1CCC(C(=O)Nc2ccc(C(=O)OCC)cc2)CC1. The number of nitrogens with zero attached hydrogens (tertiary/aromatic N) is 1. The van der Waals surface area contributed by atoms with Crippen LogP contribution in [0.4, 0.5) is 5.69 Å². The van der Waals surface area contributed by atoms with E-state index in [0.29, 0.717) is 50.2 Å². The van der Waals surface area contributed by atoms with E-state index in [4.69, 9.17) is 4.74 Å². The molecule has 0 bridgehead atoms. The third-order valence-electron chi connectivity index (χ3n) is 4.64. The van der Waals surface area contributed by atoms with Crippen LogP contribution in [0.1, 0.15) is 49.9 Å². The lowest BCUT2D eigenvalue weighted by Gasteiger charge is -2.30. The summed E-state index contributed by atoms with van der Waals surface area (Å²) < 4.78 is 30.9. The topological polar surface area (TPSA) is 92.8 Å². The molecule has 0 aromatic heterocycles. The molecule has 1 saturated heterocycles. The molecule has 8 heteroatoms. The third kappa shape index (κ3) is 6.04. The Kier molecular flexibility index (Phi) is 7.79. The van der Waals surface area contributed by atoms with Gasteiger partial charge >= 0.3 is 5.97 Å². The molecule has 0 unspecified atom stereocenters. The van der Waals surface area contributed by atoms with Gasteiger partial charge in [0.25, 0.3) is 0 Å². The second-order valence-corrected chi connectivity index (χ2v) is 8.72. The highest BCUT2D eigenvalue weighted by atomic mass is 32.2. The van der Waals surface area contributed by atoms with E-state index < -0.39 is 16.0 Å². The predicted octanol–water partition coefficient (Wildman–Crippen LogP) is 2.64. The van der Waals surface area contributed by atoms with Crippen molar-refractivity contribution in [2.24, 2.45) is 5.92 Å². The number of sulfonamides is 1. The van der Waals surface area contributed by atoms with Crippen LogP contribution in [-0.2, 0) is 19.6 Å². The van der Waals surface area contributed by atoms with Crippen molar-refractivity contribution in [1.29, 1.82) is 0 Å². The van der Waals surface area contributed by atoms with Crippen molar-refractivity contribution in [2.45, 2.75) is 39.5 Å². The van der Waals surface area contributed by atoms with Crippen LogP contribution in [-0.4, -0.2) is 50.0 Å². The Morgan fingerprint density at radius 2 is 1.78 bits per heavy atom. The molecular weight excluding hydrogens is 368 g/mol. The molecule has 1 fully saturated rings. The molecule has 0 aliphatic carbocycles. The molecule has 2 rings (SSSR count). The molecule has 0 saturated carbocycles. The fourth-order valence-electron chi connectivity index (χ4n) is 3.00. The summed E-state index contributed by atoms with van der Waals surface area (Å²) >= 11 is 0. The summed E-state index contributed by atoms with van der Waals surface area (Å²) in [6.07, 6.45) is 2.52. The first-order valence-electron chi connectivity index (χ1n) is 9.43. The van der Waals surface area contributed by atoms with E-state index in [1.165, 1.54) is 4.31 Å². The van der Waals surface area contributed by atoms with E-state index in [-0.39, 0.29) is 17.6 Å². The van der Waals surface area contributed by atoms with Crippen molar-refractivity contribution in [3.8, 4) is 0 Å². The monoisotopic (exact) mass is 396 g/mol. The summed E-state index contributed by atoms with van der Waals surface area (Å²) in [5, 5.41) is 2.84. The molecule has 27 heavy (non-hydrogen) atoms. The number of benzene rings is 1. The number of carbonyl (C=O) groups is 2. The fraction of sp³-hybridized carbons (Fsp3) is 0.579. The lowest BCUT2D eigenvalue weighted by atomic mass is 9.97. The van der Waals surface area contributed by atoms with E-state index in [2.05, 4.69) is 5.32 Å². The van der Waals surface area contributed by atoms with Gasteiger partial charge in [0.1, 0.15) is 0 Å². The van der Waals surface area contributed by atoms with Gasteiger partial charge in [-0.25, -0.2) is 17.5 Å². The van der Waals surface area contributed by atoms with E-state index in [0.717, 1.165) is 6.42 Å². The van der Waals surface area contributed by atoms with Crippen molar-refractivity contribution in [3.05, 3.63) is 29.8 Å². The molecule has 1 N–H and O–H groups in total. The number of rotatable bonds is 8. The first kappa shape index (κ1) is 21.4. The lowest BCUT2D eigenvalue weighted by molar-refractivity contribution is -0.120. The Morgan fingerprint density at radius 1 is 1.15 bits per heavy atom. The van der Waals surface area contributed by atoms with Gasteiger partial charge in [0.05, 0.1) is 17.9 Å². The Bertz CT molecular complexity index is 738. The summed E-state index contributed by atoms with van der Waals surface area (Å²) in [5.41, 5.74) is 1.03. The van der Waals surface area contributed by atoms with Crippen LogP contribution in [0.25, 0.3) is 0 Å². The maximum Gasteiger partial charge on any atom is 0.338 e. The van der Waals surface area contributed by atoms with Crippen LogP contribution in [0.3, 0.4) is 0 Å². The van der Waals surface area contributed by atoms with Crippen LogP contribution in [0.15, 0.2) is 24.3 Å². The smallest absolute Gasteiger partial charge is 0.338 e. The number of anilines is 1. The average molecular weight is 397 g/mol. The molecule has 0 spiro atoms. The Balaban J connectivity index is 1.86. The van der Waals surface area contributed by atoms with Gasteiger partial charge < -0.3 is 10.1 Å². The number of esters is 1. The van der Waals surface area contributed by atoms with Gasteiger partial charge in [-0.1, -0.05) is 13.3 Å². The molecule has 1 aromatic rings. The zero-order chi connectivity index (χ0) is 19.9. The number of ether oxygens (including phenoxy) is 1. The fourth-order valence-corrected chi connectivity index (χ4v) is 4.68. The van der Waals surface area contributed by atoms with Gasteiger partial charge in [-0.05, 0) is 50.5 Å². The van der Waals surface area contributed by atoms with E-state index >= 15 is 0 Å². The van der Waals surface area contributed by atoms with E-state index in [1.54, 1.807) is 31.2 Å². The minimum Gasteiger partial charge on any atom is -0.462 e. The molecular formula is C19H28N2O5S. The molecule has 1 heterocycles. The van der Waals surface area contributed by atoms with Crippen LogP contribution < -0.4 is 5.32 Å². The standard InChI is InChI=1S/C19H28N2O5S/c1-3-5-14-27(24,25)21-12-10-15(11-13-21)18(22)20-17-8-6-16(7-9-17)19(23)26-4-2/h6-9,15H,3-5,10-14H2,1-2H3,(H,20,22). The normalized spacial score (nSPS) is 16.1. The Hall–Kier alpha value is -1.93. The minimum atomic E-state index is -3.21. The number of hydrogen-bond acceptors (Lipinski definition) is 5. The average Bonchev–Trinajstić information content (AvgIpc) is 2.67. The highest BCUT2D eigenvalue weighted by Crippen LogP contribution is 2.22. The summed E-state index contributed by atoms with van der Waals surface area (Å²) in [5.74, 6) is -0.559. The maximum atomic E-state index is 12.4. The number of unbranched alkanes of at least 4 members (excludes halogenated alkanes) is 1. The predicted molar refractivity (Wildman–Crippen MR) is 104 cm³/mol. The van der Waals surface area contributed by atoms with Crippen molar-refractivity contribution in [3.63, 3.8) is 0 Å². The van der Waals surface area contributed by atoms with E-state index in [1.807, 2.05) is 6.92 Å². The molecule has 150 valence electrons. The van der Waals surface area contributed by atoms with Gasteiger partial charge in [0, 0.05) is 24.7 Å². The number of hydrogen-bond donors (Lipinski definition) is 1. The summed E-state index contributed by atoms with van der Waals surface area (Å²) in [6.45, 7) is 4.78. The minimum absolute atomic E-state index is 0.121. The van der Waals surface area contributed by atoms with Gasteiger partial charge in [-0.15, -0.1) is 0 Å². The second-order valence-electron chi connectivity index (χ2n) is 6.63. The molecule has 1 aliphatic heterocycles. The van der Waals surface area contributed by atoms with Crippen LogP contribution in [0.2, 0.25) is 0 Å². The van der Waals surface area contributed by atoms with Crippen LogP contribution in [0, 0.1) is 5.92 Å². The quantitative estimate of drug-likeness (QED) is 0.682. The van der Waals surface area contributed by atoms with Gasteiger partial charge in [-0.3, -0.25) is 4.79 Å². The van der Waals surface area contributed by atoms with Crippen molar-refractivity contribution >= 4 is 27.6 Å². The second kappa shape index (κ2) is 9.85. The van der Waals surface area contributed by atoms with Crippen LogP contribution >= 0.6 is 0 Å². The molecule has 1 aromatic carbocycles. The molecule has 0 atom stereocenters. The zero-order valence-electron chi connectivity index (χ0n) is 15.9. The highest BCUT2D eigenvalue weighted by Gasteiger charge is 2.30. The van der Waals surface area contributed by atoms with Gasteiger partial charge in [0.2, 0.25) is 15.9 Å². The van der Waals surface area contributed by atoms with E-state index in [9.17, 15) is 18.0 Å².